The molecule has 0 bridgehead atoms. The van der Waals surface area contributed by atoms with Gasteiger partial charge in [-0.1, -0.05) is 19.9 Å². The van der Waals surface area contributed by atoms with Gasteiger partial charge >= 0.3 is 23.9 Å². The maximum atomic E-state index is 11.9. The highest BCUT2D eigenvalue weighted by Gasteiger charge is 2.44. The van der Waals surface area contributed by atoms with Crippen LogP contribution in [-0.2, 0) is 14.4 Å². The van der Waals surface area contributed by atoms with Crippen LogP contribution in [0.3, 0.4) is 0 Å². The lowest BCUT2D eigenvalue weighted by atomic mass is 10.1. The number of imide groups is 3. The van der Waals surface area contributed by atoms with Gasteiger partial charge in [0, 0.05) is 13.1 Å². The maximum Gasteiger partial charge on any atom is 0.335 e. The summed E-state index contributed by atoms with van der Waals surface area (Å²) in [6.45, 7) is 6.92. The first-order valence-electron chi connectivity index (χ1n) is 7.13. The first kappa shape index (κ1) is 18.3. The van der Waals surface area contributed by atoms with Crippen LogP contribution in [0.4, 0.5) is 9.59 Å². The molecule has 126 valence electrons. The molecule has 9 heteroatoms. The molecule has 23 heavy (non-hydrogen) atoms. The minimum Gasteiger partial charge on any atom is -0.338 e. The number of hydrogen-bond donors (Lipinski definition) is 2. The summed E-state index contributed by atoms with van der Waals surface area (Å²) in [5.74, 6) is -2.59. The van der Waals surface area contributed by atoms with E-state index in [4.69, 9.17) is 0 Å². The van der Waals surface area contributed by atoms with E-state index >= 15 is 0 Å². The van der Waals surface area contributed by atoms with Gasteiger partial charge in [0.05, 0.1) is 0 Å². The minimum atomic E-state index is -1.10. The van der Waals surface area contributed by atoms with Crippen LogP contribution in [-0.4, -0.2) is 59.2 Å². The average Bonchev–Trinajstić information content (AvgIpc) is 2.65. The molecule has 0 aromatic heterocycles. The van der Waals surface area contributed by atoms with E-state index in [1.807, 2.05) is 19.2 Å². The van der Waals surface area contributed by atoms with Gasteiger partial charge in [-0.15, -0.1) is 6.58 Å². The largest absolute Gasteiger partial charge is 0.338 e. The zero-order chi connectivity index (χ0) is 17.6. The Hall–Kier alpha value is -2.71. The van der Waals surface area contributed by atoms with Crippen molar-refractivity contribution in [3.8, 4) is 0 Å². The molecule has 0 aromatic carbocycles. The van der Waals surface area contributed by atoms with Gasteiger partial charge in [-0.25, -0.2) is 14.5 Å². The molecule has 0 unspecified atom stereocenters. The van der Waals surface area contributed by atoms with Crippen molar-refractivity contribution >= 4 is 29.8 Å². The van der Waals surface area contributed by atoms with Gasteiger partial charge in [0.25, 0.3) is 0 Å². The standard InChI is InChI=1S/C14H20N4O5/c1-4-7-17-11(20)12(21)18(14(17)23)8-10(19)16-13(22)15-6-5-9(2)3/h4,9H,1,5-8H2,2-3H3,(H2,15,16,19,22). The lowest BCUT2D eigenvalue weighted by Crippen LogP contribution is -2.46. The first-order valence-corrected chi connectivity index (χ1v) is 7.13. The van der Waals surface area contributed by atoms with Crippen molar-refractivity contribution in [3.05, 3.63) is 12.7 Å². The number of amides is 7. The Morgan fingerprint density at radius 3 is 2.35 bits per heavy atom. The predicted octanol–water partition coefficient (Wildman–Crippen LogP) is -0.165. The Morgan fingerprint density at radius 2 is 1.78 bits per heavy atom. The van der Waals surface area contributed by atoms with Gasteiger partial charge in [0.1, 0.15) is 6.54 Å². The number of carbonyl (C=O) groups excluding carboxylic acids is 5. The van der Waals surface area contributed by atoms with E-state index in [0.717, 1.165) is 6.42 Å². The zero-order valence-electron chi connectivity index (χ0n) is 13.1. The van der Waals surface area contributed by atoms with Crippen LogP contribution >= 0.6 is 0 Å². The molecule has 2 N–H and O–H groups in total. The maximum absolute atomic E-state index is 11.9. The lowest BCUT2D eigenvalue weighted by molar-refractivity contribution is -0.143. The summed E-state index contributed by atoms with van der Waals surface area (Å²) in [7, 11) is 0. The fourth-order valence-corrected chi connectivity index (χ4v) is 1.81. The van der Waals surface area contributed by atoms with Gasteiger partial charge in [0.15, 0.2) is 0 Å². The molecular weight excluding hydrogens is 304 g/mol. The third-order valence-corrected chi connectivity index (χ3v) is 3.01. The van der Waals surface area contributed by atoms with Crippen molar-refractivity contribution in [1.29, 1.82) is 0 Å². The fraction of sp³-hybridized carbons (Fsp3) is 0.500. The summed E-state index contributed by atoms with van der Waals surface area (Å²) in [6.07, 6.45) is 2.03. The third-order valence-electron chi connectivity index (χ3n) is 3.01. The molecule has 1 rings (SSSR count). The molecular formula is C14H20N4O5. The summed E-state index contributed by atoms with van der Waals surface area (Å²) in [6, 6.07) is -1.63. The number of nitrogens with one attached hydrogen (secondary N) is 2. The number of hydrogen-bond acceptors (Lipinski definition) is 5. The molecule has 0 radical (unpaired) electrons. The molecule has 0 saturated carbocycles. The van der Waals surface area contributed by atoms with Gasteiger partial charge in [-0.05, 0) is 12.3 Å². The molecule has 0 aromatic rings. The minimum absolute atomic E-state index is 0.128. The summed E-state index contributed by atoms with van der Waals surface area (Å²) in [5, 5.41) is 4.48. The third kappa shape index (κ3) is 4.90. The van der Waals surface area contributed by atoms with Crippen LogP contribution in [0.1, 0.15) is 20.3 Å². The second kappa shape index (κ2) is 8.06. The SMILES string of the molecule is C=CCN1C(=O)C(=O)N(CC(=O)NC(=O)NCCC(C)C)C1=O. The van der Waals surface area contributed by atoms with Gasteiger partial charge in [0.2, 0.25) is 5.91 Å². The number of carbonyl (C=O) groups is 5. The molecule has 1 heterocycles. The number of nitrogens with zero attached hydrogens (tertiary/aromatic N) is 2. The number of rotatable bonds is 7. The van der Waals surface area contributed by atoms with Crippen LogP contribution < -0.4 is 10.6 Å². The molecule has 1 fully saturated rings. The number of urea groups is 2. The van der Waals surface area contributed by atoms with Crippen molar-refractivity contribution in [2.45, 2.75) is 20.3 Å². The highest BCUT2D eigenvalue weighted by molar-refractivity contribution is 6.45. The summed E-state index contributed by atoms with van der Waals surface area (Å²) >= 11 is 0. The van der Waals surface area contributed by atoms with Crippen molar-refractivity contribution in [3.63, 3.8) is 0 Å². The van der Waals surface area contributed by atoms with Gasteiger partial charge in [-0.3, -0.25) is 24.6 Å². The predicted molar refractivity (Wildman–Crippen MR) is 80.0 cm³/mol. The normalized spacial score (nSPS) is 14.5. The quantitative estimate of drug-likeness (QED) is 0.383. The molecule has 1 saturated heterocycles. The summed E-state index contributed by atoms with van der Waals surface area (Å²) in [4.78, 5) is 59.5. The van der Waals surface area contributed by atoms with Crippen molar-refractivity contribution in [2.24, 2.45) is 5.92 Å². The summed E-state index contributed by atoms with van der Waals surface area (Å²) < 4.78 is 0. The fourth-order valence-electron chi connectivity index (χ4n) is 1.81. The monoisotopic (exact) mass is 324 g/mol. The van der Waals surface area contributed by atoms with Gasteiger partial charge in [-0.2, -0.15) is 0 Å². The van der Waals surface area contributed by atoms with E-state index in [2.05, 4.69) is 11.9 Å². The smallest absolute Gasteiger partial charge is 0.335 e. The summed E-state index contributed by atoms with van der Waals surface area (Å²) in [5.41, 5.74) is 0. The van der Waals surface area contributed by atoms with Crippen molar-refractivity contribution in [2.75, 3.05) is 19.6 Å². The van der Waals surface area contributed by atoms with Crippen molar-refractivity contribution < 1.29 is 24.0 Å². The second-order valence-electron chi connectivity index (χ2n) is 5.36. The van der Waals surface area contributed by atoms with Crippen LogP contribution in [0.2, 0.25) is 0 Å². The van der Waals surface area contributed by atoms with E-state index in [-0.39, 0.29) is 6.54 Å². The first-order chi connectivity index (χ1) is 10.8. The molecule has 7 amide bonds. The molecule has 1 aliphatic heterocycles. The highest BCUT2D eigenvalue weighted by Crippen LogP contribution is 2.11. The van der Waals surface area contributed by atoms with Crippen molar-refractivity contribution in [1.82, 2.24) is 20.4 Å². The molecule has 1 aliphatic rings. The average molecular weight is 324 g/mol. The Balaban J connectivity index is 2.52. The van der Waals surface area contributed by atoms with E-state index in [9.17, 15) is 24.0 Å². The van der Waals surface area contributed by atoms with Crippen LogP contribution in [0, 0.1) is 5.92 Å². The Labute approximate surface area is 133 Å². The lowest BCUT2D eigenvalue weighted by Gasteiger charge is -2.14. The topological polar surface area (TPSA) is 116 Å². The molecule has 0 aliphatic carbocycles. The van der Waals surface area contributed by atoms with E-state index in [0.29, 0.717) is 22.3 Å². The molecule has 9 nitrogen and oxygen atoms in total. The van der Waals surface area contributed by atoms with E-state index < -0.39 is 36.3 Å². The highest BCUT2D eigenvalue weighted by atomic mass is 16.2. The molecule has 0 atom stereocenters. The Bertz CT molecular complexity index is 543. The Kier molecular flexibility index (Phi) is 6.43. The van der Waals surface area contributed by atoms with E-state index in [1.165, 1.54) is 6.08 Å². The molecule has 0 spiro atoms. The second-order valence-corrected chi connectivity index (χ2v) is 5.36. The van der Waals surface area contributed by atoms with Crippen LogP contribution in [0.25, 0.3) is 0 Å². The van der Waals surface area contributed by atoms with Gasteiger partial charge < -0.3 is 5.32 Å². The van der Waals surface area contributed by atoms with E-state index in [1.54, 1.807) is 0 Å². The van der Waals surface area contributed by atoms with Crippen LogP contribution in [0.5, 0.6) is 0 Å². The zero-order valence-corrected chi connectivity index (χ0v) is 13.1. The Morgan fingerprint density at radius 1 is 1.17 bits per heavy atom. The van der Waals surface area contributed by atoms with Crippen LogP contribution in [0.15, 0.2) is 12.7 Å².